The molecule has 0 bridgehead atoms. The highest BCUT2D eigenvalue weighted by atomic mass is 35.5. The number of benzene rings is 1. The van der Waals surface area contributed by atoms with Gasteiger partial charge in [0, 0.05) is 18.5 Å². The molecule has 0 fully saturated rings. The molecule has 0 amide bonds. The normalized spacial score (nSPS) is 17.8. The van der Waals surface area contributed by atoms with E-state index in [1.807, 2.05) is 6.92 Å². The molecule has 1 aromatic heterocycles. The van der Waals surface area contributed by atoms with Crippen molar-refractivity contribution >= 4 is 23.2 Å². The van der Waals surface area contributed by atoms with Crippen molar-refractivity contribution in [1.29, 1.82) is 0 Å². The lowest BCUT2D eigenvalue weighted by molar-refractivity contribution is 0.409. The zero-order valence-corrected chi connectivity index (χ0v) is 13.0. The Morgan fingerprint density at radius 2 is 2.19 bits per heavy atom. The number of aromatic nitrogens is 3. The molecule has 0 saturated carbocycles. The van der Waals surface area contributed by atoms with Crippen LogP contribution in [0, 0.1) is 0 Å². The molecule has 21 heavy (non-hydrogen) atoms. The van der Waals surface area contributed by atoms with Crippen molar-refractivity contribution in [3.8, 4) is 5.75 Å². The number of aromatic hydroxyl groups is 1. The number of rotatable bonds is 2. The number of aryl methyl sites for hydroxylation is 2. The lowest BCUT2D eigenvalue weighted by Gasteiger charge is -2.25. The van der Waals surface area contributed by atoms with Crippen LogP contribution in [0.1, 0.15) is 37.2 Å². The molecule has 1 aliphatic rings. The van der Waals surface area contributed by atoms with Crippen LogP contribution in [0.3, 0.4) is 0 Å². The van der Waals surface area contributed by atoms with E-state index in [0.717, 1.165) is 25.1 Å². The highest BCUT2D eigenvalue weighted by Gasteiger charge is 2.30. The minimum atomic E-state index is -0.326. The Kier molecular flexibility index (Phi) is 3.71. The molecular formula is C14H15Cl2N3O2. The van der Waals surface area contributed by atoms with Gasteiger partial charge in [0.15, 0.2) is 0 Å². The molecule has 1 aromatic carbocycles. The van der Waals surface area contributed by atoms with Crippen molar-refractivity contribution < 1.29 is 5.11 Å². The van der Waals surface area contributed by atoms with Crippen LogP contribution in [0.5, 0.6) is 5.75 Å². The second-order valence-electron chi connectivity index (χ2n) is 5.09. The van der Waals surface area contributed by atoms with Gasteiger partial charge in [-0.1, -0.05) is 23.2 Å². The average Bonchev–Trinajstić information content (AvgIpc) is 2.81. The summed E-state index contributed by atoms with van der Waals surface area (Å²) in [4.78, 5) is 12.4. The summed E-state index contributed by atoms with van der Waals surface area (Å²) in [6, 6.07) is 2.73. The zero-order chi connectivity index (χ0) is 15.1. The van der Waals surface area contributed by atoms with Gasteiger partial charge in [-0.05, 0) is 31.9 Å². The first kappa shape index (κ1) is 14.5. The lowest BCUT2D eigenvalue weighted by atomic mass is 9.96. The molecule has 0 aliphatic carbocycles. The van der Waals surface area contributed by atoms with Crippen molar-refractivity contribution in [2.75, 3.05) is 0 Å². The van der Waals surface area contributed by atoms with Gasteiger partial charge in [0.05, 0.1) is 16.1 Å². The first-order valence-electron chi connectivity index (χ1n) is 6.89. The summed E-state index contributed by atoms with van der Waals surface area (Å²) in [6.45, 7) is 2.39. The van der Waals surface area contributed by atoms with E-state index in [1.54, 1.807) is 10.6 Å². The molecule has 112 valence electrons. The van der Waals surface area contributed by atoms with E-state index < -0.39 is 0 Å². The van der Waals surface area contributed by atoms with E-state index in [-0.39, 0.29) is 17.5 Å². The summed E-state index contributed by atoms with van der Waals surface area (Å²) in [5.41, 5.74) is 0.329. The van der Waals surface area contributed by atoms with Gasteiger partial charge in [0.1, 0.15) is 11.6 Å². The van der Waals surface area contributed by atoms with E-state index in [4.69, 9.17) is 23.2 Å². The summed E-state index contributed by atoms with van der Waals surface area (Å²) >= 11 is 12.3. The summed E-state index contributed by atoms with van der Waals surface area (Å²) < 4.78 is 3.06. The summed E-state index contributed by atoms with van der Waals surface area (Å²) in [5.74, 6) is 0.784. The predicted octanol–water partition coefficient (Wildman–Crippen LogP) is 3.00. The topological polar surface area (TPSA) is 60.0 Å². The second kappa shape index (κ2) is 5.39. The maximum atomic E-state index is 12.4. The molecule has 1 unspecified atom stereocenters. The molecule has 2 heterocycles. The van der Waals surface area contributed by atoms with Crippen molar-refractivity contribution in [2.24, 2.45) is 0 Å². The molecule has 0 saturated heterocycles. The van der Waals surface area contributed by atoms with E-state index in [9.17, 15) is 9.90 Å². The first-order chi connectivity index (χ1) is 10.0. The van der Waals surface area contributed by atoms with Crippen molar-refractivity contribution in [3.05, 3.63) is 44.1 Å². The van der Waals surface area contributed by atoms with Crippen LogP contribution in [0.2, 0.25) is 10.0 Å². The van der Waals surface area contributed by atoms with E-state index in [0.29, 0.717) is 22.2 Å². The zero-order valence-electron chi connectivity index (χ0n) is 11.5. The van der Waals surface area contributed by atoms with Gasteiger partial charge in [-0.2, -0.15) is 5.10 Å². The smallest absolute Gasteiger partial charge is 0.346 e. The van der Waals surface area contributed by atoms with E-state index in [1.165, 1.54) is 10.7 Å². The minimum absolute atomic E-state index is 0.0541. The largest absolute Gasteiger partial charge is 0.508 e. The van der Waals surface area contributed by atoms with Gasteiger partial charge >= 0.3 is 5.69 Å². The van der Waals surface area contributed by atoms with Crippen LogP contribution in [-0.2, 0) is 13.0 Å². The third kappa shape index (κ3) is 2.24. The van der Waals surface area contributed by atoms with Gasteiger partial charge < -0.3 is 5.11 Å². The summed E-state index contributed by atoms with van der Waals surface area (Å²) in [6.07, 6.45) is 2.35. The third-order valence-electron chi connectivity index (χ3n) is 3.87. The van der Waals surface area contributed by atoms with Crippen LogP contribution >= 0.6 is 23.2 Å². The van der Waals surface area contributed by atoms with E-state index >= 15 is 0 Å². The van der Waals surface area contributed by atoms with Crippen molar-refractivity contribution in [2.45, 2.75) is 38.8 Å². The molecule has 2 aromatic rings. The van der Waals surface area contributed by atoms with Crippen LogP contribution in [0.15, 0.2) is 16.9 Å². The Hall–Kier alpha value is -1.46. The third-order valence-corrected chi connectivity index (χ3v) is 4.69. The number of hydrogen-bond acceptors (Lipinski definition) is 3. The predicted molar refractivity (Wildman–Crippen MR) is 81.4 cm³/mol. The van der Waals surface area contributed by atoms with Gasteiger partial charge in [-0.25, -0.2) is 9.48 Å². The molecule has 7 heteroatoms. The van der Waals surface area contributed by atoms with Crippen molar-refractivity contribution in [3.63, 3.8) is 0 Å². The molecule has 1 atom stereocenters. The fourth-order valence-electron chi connectivity index (χ4n) is 2.88. The number of phenols is 1. The highest BCUT2D eigenvalue weighted by Crippen LogP contribution is 2.41. The quantitative estimate of drug-likeness (QED) is 0.922. The molecule has 0 radical (unpaired) electrons. The van der Waals surface area contributed by atoms with Crippen LogP contribution in [-0.4, -0.2) is 19.5 Å². The average molecular weight is 328 g/mol. The van der Waals surface area contributed by atoms with Gasteiger partial charge in [0.2, 0.25) is 0 Å². The van der Waals surface area contributed by atoms with Crippen LogP contribution in [0.4, 0.5) is 0 Å². The molecule has 3 rings (SSSR count). The Bertz CT molecular complexity index is 751. The molecule has 1 aliphatic heterocycles. The SMILES string of the molecule is CCn1nc2n(c1=O)C(c1c(O)ccc(Cl)c1Cl)CCC2. The van der Waals surface area contributed by atoms with Crippen LogP contribution < -0.4 is 5.69 Å². The Morgan fingerprint density at radius 1 is 1.43 bits per heavy atom. The maximum Gasteiger partial charge on any atom is 0.346 e. The number of phenolic OH excluding ortho intramolecular Hbond substituents is 1. The summed E-state index contributed by atoms with van der Waals surface area (Å²) in [5, 5.41) is 15.2. The van der Waals surface area contributed by atoms with Gasteiger partial charge in [-0.3, -0.25) is 4.57 Å². The Labute approximate surface area is 131 Å². The minimum Gasteiger partial charge on any atom is -0.508 e. The van der Waals surface area contributed by atoms with Gasteiger partial charge in [-0.15, -0.1) is 0 Å². The van der Waals surface area contributed by atoms with Crippen LogP contribution in [0.25, 0.3) is 0 Å². The monoisotopic (exact) mass is 327 g/mol. The second-order valence-corrected chi connectivity index (χ2v) is 5.87. The fourth-order valence-corrected chi connectivity index (χ4v) is 3.33. The molecule has 5 nitrogen and oxygen atoms in total. The number of hydrogen-bond donors (Lipinski definition) is 1. The first-order valence-corrected chi connectivity index (χ1v) is 7.65. The van der Waals surface area contributed by atoms with E-state index in [2.05, 4.69) is 5.10 Å². The standard InChI is InChI=1S/C14H15Cl2N3O2/c1-2-18-14(21)19-9(4-3-5-11(19)17-18)12-10(20)7-6-8(15)13(12)16/h6-7,9,20H,2-5H2,1H3. The summed E-state index contributed by atoms with van der Waals surface area (Å²) in [7, 11) is 0. The fraction of sp³-hybridized carbons (Fsp3) is 0.429. The maximum absolute atomic E-state index is 12.4. The molecular weight excluding hydrogens is 313 g/mol. The Morgan fingerprint density at radius 3 is 2.90 bits per heavy atom. The number of nitrogens with zero attached hydrogens (tertiary/aromatic N) is 3. The molecule has 1 N–H and O–H groups in total. The lowest BCUT2D eigenvalue weighted by Crippen LogP contribution is -2.31. The van der Waals surface area contributed by atoms with Crippen molar-refractivity contribution in [1.82, 2.24) is 14.3 Å². The number of fused-ring (bicyclic) bond motifs is 1. The molecule has 0 spiro atoms. The Balaban J connectivity index is 2.22. The number of halogens is 2. The van der Waals surface area contributed by atoms with Gasteiger partial charge in [0.25, 0.3) is 0 Å². The highest BCUT2D eigenvalue weighted by molar-refractivity contribution is 6.42.